The Morgan fingerprint density at radius 2 is 1.91 bits per heavy atom. The lowest BCUT2D eigenvalue weighted by atomic mass is 9.90. The van der Waals surface area contributed by atoms with E-state index in [-0.39, 0.29) is 6.04 Å². The Labute approximate surface area is 130 Å². The van der Waals surface area contributed by atoms with Crippen LogP contribution in [0.2, 0.25) is 0 Å². The van der Waals surface area contributed by atoms with Gasteiger partial charge in [0.15, 0.2) is 11.5 Å². The van der Waals surface area contributed by atoms with E-state index in [1.165, 1.54) is 11.1 Å². The Morgan fingerprint density at radius 3 is 2.64 bits per heavy atom. The number of hydrogen-bond acceptors (Lipinski definition) is 4. The maximum atomic E-state index is 9.63. The van der Waals surface area contributed by atoms with Gasteiger partial charge in [0.1, 0.15) is 5.75 Å². The Kier molecular flexibility index (Phi) is 4.20. The molecule has 2 N–H and O–H groups in total. The summed E-state index contributed by atoms with van der Waals surface area (Å²) in [5.41, 5.74) is 3.65. The first-order chi connectivity index (χ1) is 10.7. The van der Waals surface area contributed by atoms with Crippen LogP contribution in [-0.2, 0) is 12.8 Å². The van der Waals surface area contributed by atoms with Gasteiger partial charge in [-0.05, 0) is 60.3 Å². The molecule has 1 atom stereocenters. The minimum atomic E-state index is 0.213. The molecular weight excluding hydrogens is 278 g/mol. The van der Waals surface area contributed by atoms with E-state index in [2.05, 4.69) is 17.4 Å². The van der Waals surface area contributed by atoms with Gasteiger partial charge in [-0.25, -0.2) is 0 Å². The van der Waals surface area contributed by atoms with Gasteiger partial charge in [0.05, 0.1) is 14.2 Å². The Balaban J connectivity index is 1.93. The highest BCUT2D eigenvalue weighted by molar-refractivity contribution is 5.49. The van der Waals surface area contributed by atoms with Crippen molar-refractivity contribution < 1.29 is 14.6 Å². The third-order valence-electron chi connectivity index (χ3n) is 4.16. The largest absolute Gasteiger partial charge is 0.508 e. The fourth-order valence-corrected chi connectivity index (χ4v) is 3.07. The van der Waals surface area contributed by atoms with Crippen LogP contribution in [0.1, 0.15) is 22.7 Å². The molecule has 1 aliphatic heterocycles. The maximum absolute atomic E-state index is 9.63. The first-order valence-electron chi connectivity index (χ1n) is 7.47. The molecular formula is C18H21NO3. The van der Waals surface area contributed by atoms with Crippen LogP contribution in [0.25, 0.3) is 0 Å². The van der Waals surface area contributed by atoms with Gasteiger partial charge in [-0.3, -0.25) is 0 Å². The van der Waals surface area contributed by atoms with Crippen LogP contribution in [0.15, 0.2) is 36.4 Å². The lowest BCUT2D eigenvalue weighted by molar-refractivity contribution is 0.352. The second-order valence-corrected chi connectivity index (χ2v) is 5.54. The molecule has 0 radical (unpaired) electrons. The summed E-state index contributed by atoms with van der Waals surface area (Å²) in [6.45, 7) is 0.936. The molecule has 3 rings (SSSR count). The molecule has 1 aliphatic rings. The number of benzene rings is 2. The van der Waals surface area contributed by atoms with Crippen molar-refractivity contribution in [3.05, 3.63) is 53.1 Å². The van der Waals surface area contributed by atoms with Crippen LogP contribution >= 0.6 is 0 Å². The summed E-state index contributed by atoms with van der Waals surface area (Å²) < 4.78 is 10.8. The van der Waals surface area contributed by atoms with Crippen molar-refractivity contribution in [1.29, 1.82) is 0 Å². The highest BCUT2D eigenvalue weighted by atomic mass is 16.5. The zero-order valence-electron chi connectivity index (χ0n) is 12.9. The molecule has 0 bridgehead atoms. The molecule has 2 aromatic rings. The van der Waals surface area contributed by atoms with Gasteiger partial charge in [0, 0.05) is 6.04 Å². The van der Waals surface area contributed by atoms with Crippen LogP contribution in [0.5, 0.6) is 17.2 Å². The van der Waals surface area contributed by atoms with Gasteiger partial charge >= 0.3 is 0 Å². The van der Waals surface area contributed by atoms with Gasteiger partial charge in [-0.1, -0.05) is 12.1 Å². The molecule has 22 heavy (non-hydrogen) atoms. The molecule has 0 fully saturated rings. The Hall–Kier alpha value is -2.20. The fraction of sp³-hybridized carbons (Fsp3) is 0.333. The predicted octanol–water partition coefficient (Wildman–Crippen LogP) is 2.84. The molecule has 0 amide bonds. The van der Waals surface area contributed by atoms with E-state index in [4.69, 9.17) is 9.47 Å². The minimum Gasteiger partial charge on any atom is -0.508 e. The average molecular weight is 299 g/mol. The Morgan fingerprint density at radius 1 is 1.14 bits per heavy atom. The van der Waals surface area contributed by atoms with E-state index in [1.54, 1.807) is 20.3 Å². The highest BCUT2D eigenvalue weighted by Crippen LogP contribution is 2.36. The number of rotatable bonds is 4. The molecule has 0 aromatic heterocycles. The highest BCUT2D eigenvalue weighted by Gasteiger charge is 2.22. The maximum Gasteiger partial charge on any atom is 0.161 e. The van der Waals surface area contributed by atoms with Crippen molar-refractivity contribution in [2.75, 3.05) is 20.8 Å². The summed E-state index contributed by atoms with van der Waals surface area (Å²) in [6, 6.07) is 11.8. The molecule has 1 heterocycles. The van der Waals surface area contributed by atoms with Gasteiger partial charge in [-0.2, -0.15) is 0 Å². The normalized spacial score (nSPS) is 16.9. The second kappa shape index (κ2) is 6.28. The predicted molar refractivity (Wildman–Crippen MR) is 85.8 cm³/mol. The van der Waals surface area contributed by atoms with Crippen LogP contribution in [0.3, 0.4) is 0 Å². The SMILES string of the molecule is COc1cc2c(cc1OC)[C@H](Cc1cccc(O)c1)NCC2. The van der Waals surface area contributed by atoms with E-state index < -0.39 is 0 Å². The van der Waals surface area contributed by atoms with Crippen molar-refractivity contribution in [3.8, 4) is 17.2 Å². The van der Waals surface area contributed by atoms with E-state index >= 15 is 0 Å². The standard InChI is InChI=1S/C18H21NO3/c1-21-17-10-13-6-7-19-16(15(13)11-18(17)22-2)9-12-4-3-5-14(20)8-12/h3-5,8,10-11,16,19-20H,6-7,9H2,1-2H3/t16-/m0/s1. The monoisotopic (exact) mass is 299 g/mol. The molecule has 0 saturated heterocycles. The minimum absolute atomic E-state index is 0.213. The van der Waals surface area contributed by atoms with Crippen molar-refractivity contribution in [2.24, 2.45) is 0 Å². The summed E-state index contributed by atoms with van der Waals surface area (Å²) in [7, 11) is 3.32. The fourth-order valence-electron chi connectivity index (χ4n) is 3.07. The van der Waals surface area contributed by atoms with Crippen molar-refractivity contribution >= 4 is 0 Å². The van der Waals surface area contributed by atoms with Gasteiger partial charge in [-0.15, -0.1) is 0 Å². The summed E-state index contributed by atoms with van der Waals surface area (Å²) in [5.74, 6) is 1.84. The topological polar surface area (TPSA) is 50.7 Å². The van der Waals surface area contributed by atoms with E-state index in [0.717, 1.165) is 36.4 Å². The number of hydrogen-bond donors (Lipinski definition) is 2. The summed E-state index contributed by atoms with van der Waals surface area (Å²) in [6.07, 6.45) is 1.81. The zero-order valence-corrected chi connectivity index (χ0v) is 12.9. The van der Waals surface area contributed by atoms with E-state index in [9.17, 15) is 5.11 Å². The lowest BCUT2D eigenvalue weighted by Crippen LogP contribution is -2.31. The van der Waals surface area contributed by atoms with Crippen LogP contribution in [0.4, 0.5) is 0 Å². The first kappa shape index (κ1) is 14.7. The van der Waals surface area contributed by atoms with Crippen LogP contribution in [0, 0.1) is 0 Å². The third-order valence-corrected chi connectivity index (χ3v) is 4.16. The average Bonchev–Trinajstić information content (AvgIpc) is 2.54. The summed E-state index contributed by atoms with van der Waals surface area (Å²) in [4.78, 5) is 0. The van der Waals surface area contributed by atoms with Gasteiger partial charge in [0.25, 0.3) is 0 Å². The quantitative estimate of drug-likeness (QED) is 0.911. The number of nitrogens with one attached hydrogen (secondary N) is 1. The van der Waals surface area contributed by atoms with Crippen LogP contribution < -0.4 is 14.8 Å². The van der Waals surface area contributed by atoms with Crippen molar-refractivity contribution in [3.63, 3.8) is 0 Å². The zero-order chi connectivity index (χ0) is 15.5. The smallest absolute Gasteiger partial charge is 0.161 e. The molecule has 0 spiro atoms. The van der Waals surface area contributed by atoms with Crippen molar-refractivity contribution in [1.82, 2.24) is 5.32 Å². The van der Waals surface area contributed by atoms with Crippen LogP contribution in [-0.4, -0.2) is 25.9 Å². The summed E-state index contributed by atoms with van der Waals surface area (Å²) in [5, 5.41) is 13.2. The molecule has 0 unspecified atom stereocenters. The van der Waals surface area contributed by atoms with E-state index in [0.29, 0.717) is 5.75 Å². The first-order valence-corrected chi connectivity index (χ1v) is 7.47. The third kappa shape index (κ3) is 2.88. The molecule has 2 aromatic carbocycles. The molecule has 4 heteroatoms. The number of fused-ring (bicyclic) bond motifs is 1. The summed E-state index contributed by atoms with van der Waals surface area (Å²) >= 11 is 0. The number of phenolic OH excluding ortho intramolecular Hbond substituents is 1. The van der Waals surface area contributed by atoms with Gasteiger partial charge < -0.3 is 19.9 Å². The van der Waals surface area contributed by atoms with Crippen molar-refractivity contribution in [2.45, 2.75) is 18.9 Å². The number of methoxy groups -OCH3 is 2. The molecule has 0 saturated carbocycles. The number of aromatic hydroxyl groups is 1. The molecule has 116 valence electrons. The number of ether oxygens (including phenoxy) is 2. The molecule has 4 nitrogen and oxygen atoms in total. The number of phenols is 1. The van der Waals surface area contributed by atoms with Gasteiger partial charge in [0.2, 0.25) is 0 Å². The Bertz CT molecular complexity index is 669. The lowest BCUT2D eigenvalue weighted by Gasteiger charge is -2.28. The van der Waals surface area contributed by atoms with E-state index in [1.807, 2.05) is 18.2 Å². The second-order valence-electron chi connectivity index (χ2n) is 5.54. The molecule has 0 aliphatic carbocycles.